The highest BCUT2D eigenvalue weighted by Crippen LogP contribution is 2.14. The molecule has 1 heterocycles. The maximum atomic E-state index is 13.7. The van der Waals surface area contributed by atoms with E-state index in [0.717, 1.165) is 11.3 Å². The van der Waals surface area contributed by atoms with Crippen LogP contribution < -0.4 is 5.32 Å². The van der Waals surface area contributed by atoms with E-state index in [1.165, 1.54) is 6.07 Å². The van der Waals surface area contributed by atoms with Crippen LogP contribution in [0.5, 0.6) is 0 Å². The molecule has 0 bridgehead atoms. The van der Waals surface area contributed by atoms with Gasteiger partial charge in [0.15, 0.2) is 0 Å². The SMILES string of the molecule is Cc1ccc(F)c(-n2ccc(CNC(C)C)n2)c1. The first-order valence-electron chi connectivity index (χ1n) is 6.10. The number of benzene rings is 1. The van der Waals surface area contributed by atoms with Crippen LogP contribution in [0.3, 0.4) is 0 Å². The number of hydrogen-bond donors (Lipinski definition) is 1. The zero-order chi connectivity index (χ0) is 13.1. The average Bonchev–Trinajstić information content (AvgIpc) is 2.78. The molecule has 0 saturated heterocycles. The largest absolute Gasteiger partial charge is 0.309 e. The van der Waals surface area contributed by atoms with Crippen LogP contribution in [0.1, 0.15) is 25.1 Å². The molecular formula is C14H18FN3. The second-order valence-electron chi connectivity index (χ2n) is 4.74. The minimum Gasteiger partial charge on any atom is -0.309 e. The third-order valence-corrected chi connectivity index (χ3v) is 2.68. The molecule has 1 aromatic carbocycles. The first-order valence-corrected chi connectivity index (χ1v) is 6.10. The molecule has 1 aromatic heterocycles. The van der Waals surface area contributed by atoms with E-state index in [-0.39, 0.29) is 5.82 Å². The predicted molar refractivity (Wildman–Crippen MR) is 70.2 cm³/mol. The number of rotatable bonds is 4. The fraction of sp³-hybridized carbons (Fsp3) is 0.357. The van der Waals surface area contributed by atoms with Gasteiger partial charge in [0, 0.05) is 18.8 Å². The van der Waals surface area contributed by atoms with Crippen molar-refractivity contribution >= 4 is 0 Å². The molecule has 0 aliphatic carbocycles. The molecular weight excluding hydrogens is 229 g/mol. The molecule has 0 amide bonds. The molecule has 0 spiro atoms. The molecule has 0 radical (unpaired) electrons. The van der Waals surface area contributed by atoms with Crippen molar-refractivity contribution in [2.45, 2.75) is 33.4 Å². The number of halogens is 1. The van der Waals surface area contributed by atoms with Crippen molar-refractivity contribution in [3.63, 3.8) is 0 Å². The van der Waals surface area contributed by atoms with Gasteiger partial charge in [-0.05, 0) is 30.7 Å². The van der Waals surface area contributed by atoms with Gasteiger partial charge in [0.05, 0.1) is 5.69 Å². The molecule has 2 aromatic rings. The summed E-state index contributed by atoms with van der Waals surface area (Å²) in [5.41, 5.74) is 2.42. The van der Waals surface area contributed by atoms with Crippen LogP contribution in [0.25, 0.3) is 5.69 Å². The molecule has 0 fully saturated rings. The number of aromatic nitrogens is 2. The average molecular weight is 247 g/mol. The van der Waals surface area contributed by atoms with Gasteiger partial charge < -0.3 is 5.32 Å². The summed E-state index contributed by atoms with van der Waals surface area (Å²) >= 11 is 0. The summed E-state index contributed by atoms with van der Waals surface area (Å²) in [6.45, 7) is 6.79. The normalized spacial score (nSPS) is 11.2. The summed E-state index contributed by atoms with van der Waals surface area (Å²) in [5.74, 6) is -0.257. The highest BCUT2D eigenvalue weighted by Gasteiger charge is 2.07. The van der Waals surface area contributed by atoms with E-state index in [1.54, 1.807) is 23.0 Å². The summed E-state index contributed by atoms with van der Waals surface area (Å²) in [4.78, 5) is 0. The molecule has 0 atom stereocenters. The van der Waals surface area contributed by atoms with Gasteiger partial charge in [0.25, 0.3) is 0 Å². The second-order valence-corrected chi connectivity index (χ2v) is 4.74. The Bertz CT molecular complexity index is 532. The Hall–Kier alpha value is -1.68. The molecule has 0 saturated carbocycles. The smallest absolute Gasteiger partial charge is 0.148 e. The lowest BCUT2D eigenvalue weighted by Gasteiger charge is -2.06. The molecule has 1 N–H and O–H groups in total. The summed E-state index contributed by atoms with van der Waals surface area (Å²) in [6.07, 6.45) is 1.79. The first-order chi connectivity index (χ1) is 8.56. The Morgan fingerprint density at radius 3 is 2.83 bits per heavy atom. The van der Waals surface area contributed by atoms with Crippen LogP contribution in [-0.4, -0.2) is 15.8 Å². The lowest BCUT2D eigenvalue weighted by atomic mass is 10.2. The number of hydrogen-bond acceptors (Lipinski definition) is 2. The van der Waals surface area contributed by atoms with E-state index < -0.39 is 0 Å². The molecule has 18 heavy (non-hydrogen) atoms. The standard InChI is InChI=1S/C14H18FN3/c1-10(2)16-9-12-6-7-18(17-12)14-8-11(3)4-5-13(14)15/h4-8,10,16H,9H2,1-3H3. The van der Waals surface area contributed by atoms with Gasteiger partial charge in [-0.3, -0.25) is 0 Å². The van der Waals surface area contributed by atoms with E-state index in [4.69, 9.17) is 0 Å². The van der Waals surface area contributed by atoms with Crippen LogP contribution in [0.15, 0.2) is 30.5 Å². The molecule has 0 aliphatic rings. The molecule has 96 valence electrons. The van der Waals surface area contributed by atoms with Crippen LogP contribution in [0, 0.1) is 12.7 Å². The molecule has 0 aliphatic heterocycles. The summed E-state index contributed by atoms with van der Waals surface area (Å²) in [6, 6.07) is 7.33. The summed E-state index contributed by atoms with van der Waals surface area (Å²) < 4.78 is 15.3. The molecule has 3 nitrogen and oxygen atoms in total. The fourth-order valence-corrected chi connectivity index (χ4v) is 1.70. The van der Waals surface area contributed by atoms with Crippen molar-refractivity contribution in [1.82, 2.24) is 15.1 Å². The van der Waals surface area contributed by atoms with Gasteiger partial charge in [-0.25, -0.2) is 9.07 Å². The van der Waals surface area contributed by atoms with Crippen LogP contribution in [0.4, 0.5) is 4.39 Å². The van der Waals surface area contributed by atoms with Crippen molar-refractivity contribution in [3.05, 3.63) is 47.5 Å². The number of nitrogens with one attached hydrogen (secondary N) is 1. The number of aryl methyl sites for hydroxylation is 1. The molecule has 4 heteroatoms. The number of nitrogens with zero attached hydrogens (tertiary/aromatic N) is 2. The van der Waals surface area contributed by atoms with Crippen LogP contribution in [0.2, 0.25) is 0 Å². The quantitative estimate of drug-likeness (QED) is 0.900. The summed E-state index contributed by atoms with van der Waals surface area (Å²) in [7, 11) is 0. The lowest BCUT2D eigenvalue weighted by Crippen LogP contribution is -2.22. The third-order valence-electron chi connectivity index (χ3n) is 2.68. The van der Waals surface area contributed by atoms with Gasteiger partial charge in [-0.2, -0.15) is 5.10 Å². The fourth-order valence-electron chi connectivity index (χ4n) is 1.70. The van der Waals surface area contributed by atoms with Gasteiger partial charge in [-0.15, -0.1) is 0 Å². The van der Waals surface area contributed by atoms with E-state index in [9.17, 15) is 4.39 Å². The minimum absolute atomic E-state index is 0.257. The first kappa shape index (κ1) is 12.8. The van der Waals surface area contributed by atoms with Crippen LogP contribution in [-0.2, 0) is 6.54 Å². The van der Waals surface area contributed by atoms with Crippen LogP contribution >= 0.6 is 0 Å². The molecule has 2 rings (SSSR count). The zero-order valence-electron chi connectivity index (χ0n) is 10.9. The van der Waals surface area contributed by atoms with Gasteiger partial charge in [-0.1, -0.05) is 19.9 Å². The molecule has 0 unspecified atom stereocenters. The maximum Gasteiger partial charge on any atom is 0.148 e. The van der Waals surface area contributed by atoms with E-state index in [0.29, 0.717) is 18.3 Å². The van der Waals surface area contributed by atoms with Crippen molar-refractivity contribution in [2.75, 3.05) is 0 Å². The topological polar surface area (TPSA) is 29.9 Å². The van der Waals surface area contributed by atoms with Gasteiger partial charge in [0.2, 0.25) is 0 Å². The highest BCUT2D eigenvalue weighted by molar-refractivity contribution is 5.36. The van der Waals surface area contributed by atoms with Crippen molar-refractivity contribution in [1.29, 1.82) is 0 Å². The van der Waals surface area contributed by atoms with Crippen molar-refractivity contribution in [2.24, 2.45) is 0 Å². The monoisotopic (exact) mass is 247 g/mol. The summed E-state index contributed by atoms with van der Waals surface area (Å²) in [5, 5.41) is 7.65. The Kier molecular flexibility index (Phi) is 3.77. The zero-order valence-corrected chi connectivity index (χ0v) is 10.9. The van der Waals surface area contributed by atoms with Crippen molar-refractivity contribution < 1.29 is 4.39 Å². The lowest BCUT2D eigenvalue weighted by molar-refractivity contribution is 0.574. The minimum atomic E-state index is -0.257. The van der Waals surface area contributed by atoms with Crippen molar-refractivity contribution in [3.8, 4) is 5.69 Å². The highest BCUT2D eigenvalue weighted by atomic mass is 19.1. The van der Waals surface area contributed by atoms with Gasteiger partial charge >= 0.3 is 0 Å². The Labute approximate surface area is 107 Å². The third kappa shape index (κ3) is 2.96. The Morgan fingerprint density at radius 1 is 1.33 bits per heavy atom. The predicted octanol–water partition coefficient (Wildman–Crippen LogP) is 2.82. The Morgan fingerprint density at radius 2 is 2.11 bits per heavy atom. The van der Waals surface area contributed by atoms with Gasteiger partial charge in [0.1, 0.15) is 11.5 Å². The maximum absolute atomic E-state index is 13.7. The van der Waals surface area contributed by atoms with E-state index in [1.807, 2.05) is 13.0 Å². The second kappa shape index (κ2) is 5.31. The Balaban J connectivity index is 2.21. The van der Waals surface area contributed by atoms with E-state index in [2.05, 4.69) is 24.3 Å². The van der Waals surface area contributed by atoms with E-state index >= 15 is 0 Å².